The molecule has 0 aliphatic rings. The van der Waals surface area contributed by atoms with Gasteiger partial charge in [0.25, 0.3) is 0 Å². The van der Waals surface area contributed by atoms with Gasteiger partial charge in [-0.15, -0.1) is 0 Å². The van der Waals surface area contributed by atoms with Crippen LogP contribution in [-0.2, 0) is 6.42 Å². The van der Waals surface area contributed by atoms with Crippen LogP contribution in [0.4, 0.5) is 0 Å². The summed E-state index contributed by atoms with van der Waals surface area (Å²) in [6.07, 6.45) is 2.74. The zero-order valence-electron chi connectivity index (χ0n) is 13.3. The molecule has 2 rings (SSSR count). The summed E-state index contributed by atoms with van der Waals surface area (Å²) in [5, 5.41) is 3.55. The molecular formula is C18H24N2O. The van der Waals surface area contributed by atoms with E-state index in [-0.39, 0.29) is 6.04 Å². The lowest BCUT2D eigenvalue weighted by atomic mass is 9.98. The summed E-state index contributed by atoms with van der Waals surface area (Å²) < 4.78 is 5.44. The van der Waals surface area contributed by atoms with Gasteiger partial charge in [0.1, 0.15) is 5.75 Å². The van der Waals surface area contributed by atoms with Crippen molar-refractivity contribution < 1.29 is 4.74 Å². The van der Waals surface area contributed by atoms with Gasteiger partial charge in [0.15, 0.2) is 0 Å². The van der Waals surface area contributed by atoms with E-state index < -0.39 is 0 Å². The molecule has 1 unspecified atom stereocenters. The Bertz CT molecular complexity index is 596. The predicted octanol–water partition coefficient (Wildman–Crippen LogP) is 3.60. The number of pyridine rings is 1. The van der Waals surface area contributed by atoms with Gasteiger partial charge in [-0.1, -0.05) is 25.1 Å². The highest BCUT2D eigenvalue weighted by atomic mass is 16.5. The van der Waals surface area contributed by atoms with Gasteiger partial charge in [-0.05, 0) is 49.2 Å². The van der Waals surface area contributed by atoms with Crippen LogP contribution in [0.5, 0.6) is 5.75 Å². The Kier molecular flexibility index (Phi) is 5.34. The van der Waals surface area contributed by atoms with Gasteiger partial charge in [0, 0.05) is 24.4 Å². The van der Waals surface area contributed by atoms with Crippen molar-refractivity contribution in [2.75, 3.05) is 13.7 Å². The standard InChI is InChI=1S/C18H24N2O/c1-5-19-17(12-16-13(2)7-6-10-20-16)15-9-8-14(3)18(11-15)21-4/h6-11,17,19H,5,12H2,1-4H3. The molecule has 1 aromatic carbocycles. The number of aryl methyl sites for hydroxylation is 2. The number of hydrogen-bond acceptors (Lipinski definition) is 3. The van der Waals surface area contributed by atoms with Crippen LogP contribution in [0, 0.1) is 13.8 Å². The van der Waals surface area contributed by atoms with Crippen molar-refractivity contribution in [1.29, 1.82) is 0 Å². The molecule has 0 aliphatic heterocycles. The Morgan fingerprint density at radius 2 is 2.00 bits per heavy atom. The van der Waals surface area contributed by atoms with Crippen molar-refractivity contribution in [3.05, 3.63) is 58.9 Å². The smallest absolute Gasteiger partial charge is 0.122 e. The Morgan fingerprint density at radius 1 is 1.19 bits per heavy atom. The molecule has 0 radical (unpaired) electrons. The molecule has 0 aliphatic carbocycles. The van der Waals surface area contributed by atoms with Crippen molar-refractivity contribution in [2.45, 2.75) is 33.2 Å². The van der Waals surface area contributed by atoms with Crippen LogP contribution >= 0.6 is 0 Å². The van der Waals surface area contributed by atoms with E-state index in [9.17, 15) is 0 Å². The van der Waals surface area contributed by atoms with Crippen LogP contribution in [0.2, 0.25) is 0 Å². The summed E-state index contributed by atoms with van der Waals surface area (Å²) in [4.78, 5) is 4.51. The molecular weight excluding hydrogens is 260 g/mol. The molecule has 3 nitrogen and oxygen atoms in total. The molecule has 1 aromatic heterocycles. The first-order valence-electron chi connectivity index (χ1n) is 7.44. The third-order valence-electron chi connectivity index (χ3n) is 3.80. The molecule has 0 amide bonds. The average Bonchev–Trinajstić information content (AvgIpc) is 2.49. The largest absolute Gasteiger partial charge is 0.496 e. The van der Waals surface area contributed by atoms with Crippen LogP contribution in [0.15, 0.2) is 36.5 Å². The Balaban J connectivity index is 2.28. The van der Waals surface area contributed by atoms with E-state index in [2.05, 4.69) is 55.3 Å². The van der Waals surface area contributed by atoms with Crippen molar-refractivity contribution in [1.82, 2.24) is 10.3 Å². The van der Waals surface area contributed by atoms with Crippen LogP contribution < -0.4 is 10.1 Å². The molecule has 0 fully saturated rings. The summed E-state index contributed by atoms with van der Waals surface area (Å²) in [5.41, 5.74) is 4.78. The number of rotatable bonds is 6. The number of nitrogens with zero attached hydrogens (tertiary/aromatic N) is 1. The third-order valence-corrected chi connectivity index (χ3v) is 3.80. The average molecular weight is 284 g/mol. The molecule has 2 aromatic rings. The van der Waals surface area contributed by atoms with Gasteiger partial charge in [0.2, 0.25) is 0 Å². The van der Waals surface area contributed by atoms with Gasteiger partial charge in [-0.3, -0.25) is 4.98 Å². The normalized spacial score (nSPS) is 12.2. The SMILES string of the molecule is CCNC(Cc1ncccc1C)c1ccc(C)c(OC)c1. The number of hydrogen-bond donors (Lipinski definition) is 1. The predicted molar refractivity (Wildman–Crippen MR) is 86.8 cm³/mol. The monoisotopic (exact) mass is 284 g/mol. The molecule has 21 heavy (non-hydrogen) atoms. The number of methoxy groups -OCH3 is 1. The fourth-order valence-electron chi connectivity index (χ4n) is 2.53. The van der Waals surface area contributed by atoms with Crippen molar-refractivity contribution in [3.8, 4) is 5.75 Å². The third kappa shape index (κ3) is 3.82. The second-order valence-electron chi connectivity index (χ2n) is 5.31. The maximum absolute atomic E-state index is 5.44. The molecule has 1 atom stereocenters. The molecule has 0 bridgehead atoms. The first-order valence-corrected chi connectivity index (χ1v) is 7.44. The first-order chi connectivity index (χ1) is 10.2. The van der Waals surface area contributed by atoms with Crippen LogP contribution in [-0.4, -0.2) is 18.6 Å². The molecule has 112 valence electrons. The lowest BCUT2D eigenvalue weighted by Crippen LogP contribution is -2.23. The highest BCUT2D eigenvalue weighted by Crippen LogP contribution is 2.25. The summed E-state index contributed by atoms with van der Waals surface area (Å²) in [5.74, 6) is 0.938. The van der Waals surface area contributed by atoms with E-state index in [4.69, 9.17) is 4.74 Å². The number of benzene rings is 1. The van der Waals surface area contributed by atoms with E-state index in [0.29, 0.717) is 0 Å². The second kappa shape index (κ2) is 7.23. The lowest BCUT2D eigenvalue weighted by Gasteiger charge is -2.20. The maximum atomic E-state index is 5.44. The van der Waals surface area contributed by atoms with Gasteiger partial charge in [-0.25, -0.2) is 0 Å². The number of ether oxygens (including phenoxy) is 1. The van der Waals surface area contributed by atoms with E-state index >= 15 is 0 Å². The fourth-order valence-corrected chi connectivity index (χ4v) is 2.53. The highest BCUT2D eigenvalue weighted by molar-refractivity contribution is 5.38. The van der Waals surface area contributed by atoms with Crippen LogP contribution in [0.1, 0.15) is 35.3 Å². The lowest BCUT2D eigenvalue weighted by molar-refractivity contribution is 0.409. The molecule has 0 saturated heterocycles. The molecule has 0 spiro atoms. The maximum Gasteiger partial charge on any atom is 0.122 e. The van der Waals surface area contributed by atoms with Crippen molar-refractivity contribution >= 4 is 0 Å². The number of aromatic nitrogens is 1. The summed E-state index contributed by atoms with van der Waals surface area (Å²) in [7, 11) is 1.72. The van der Waals surface area contributed by atoms with Crippen LogP contribution in [0.25, 0.3) is 0 Å². The Labute approximate surface area is 127 Å². The summed E-state index contributed by atoms with van der Waals surface area (Å²) in [6, 6.07) is 10.8. The zero-order chi connectivity index (χ0) is 15.2. The zero-order valence-corrected chi connectivity index (χ0v) is 13.3. The number of nitrogens with one attached hydrogen (secondary N) is 1. The molecule has 3 heteroatoms. The van der Waals surface area contributed by atoms with Gasteiger partial charge in [-0.2, -0.15) is 0 Å². The Hall–Kier alpha value is -1.87. The minimum absolute atomic E-state index is 0.248. The topological polar surface area (TPSA) is 34.2 Å². The minimum atomic E-state index is 0.248. The highest BCUT2D eigenvalue weighted by Gasteiger charge is 2.14. The van der Waals surface area contributed by atoms with Crippen molar-refractivity contribution in [2.24, 2.45) is 0 Å². The first kappa shape index (κ1) is 15.5. The molecule has 1 heterocycles. The summed E-state index contributed by atoms with van der Waals surface area (Å²) in [6.45, 7) is 7.23. The van der Waals surface area contributed by atoms with E-state index in [1.165, 1.54) is 11.1 Å². The van der Waals surface area contributed by atoms with Crippen molar-refractivity contribution in [3.63, 3.8) is 0 Å². The summed E-state index contributed by atoms with van der Waals surface area (Å²) >= 11 is 0. The van der Waals surface area contributed by atoms with Gasteiger partial charge in [0.05, 0.1) is 7.11 Å². The fraction of sp³-hybridized carbons (Fsp3) is 0.389. The van der Waals surface area contributed by atoms with E-state index in [0.717, 1.165) is 30.0 Å². The minimum Gasteiger partial charge on any atom is -0.496 e. The van der Waals surface area contributed by atoms with E-state index in [1.54, 1.807) is 7.11 Å². The quantitative estimate of drug-likeness (QED) is 0.880. The Morgan fingerprint density at radius 3 is 2.67 bits per heavy atom. The molecule has 1 N–H and O–H groups in total. The number of likely N-dealkylation sites (N-methyl/N-ethyl adjacent to an activating group) is 1. The molecule has 0 saturated carbocycles. The second-order valence-corrected chi connectivity index (χ2v) is 5.31. The van der Waals surface area contributed by atoms with Gasteiger partial charge < -0.3 is 10.1 Å². The van der Waals surface area contributed by atoms with Crippen LogP contribution in [0.3, 0.4) is 0 Å². The van der Waals surface area contributed by atoms with Gasteiger partial charge >= 0.3 is 0 Å². The van der Waals surface area contributed by atoms with E-state index in [1.807, 2.05) is 12.3 Å².